The summed E-state index contributed by atoms with van der Waals surface area (Å²) in [5, 5.41) is 3.05. The van der Waals surface area contributed by atoms with E-state index in [-0.39, 0.29) is 11.8 Å². The number of hydrogen-bond acceptors (Lipinski definition) is 3. The highest BCUT2D eigenvalue weighted by Gasteiger charge is 2.38. The van der Waals surface area contributed by atoms with Crippen molar-refractivity contribution in [2.45, 2.75) is 26.7 Å². The molecule has 0 aromatic heterocycles. The monoisotopic (exact) mass is 391 g/mol. The summed E-state index contributed by atoms with van der Waals surface area (Å²) in [4.78, 5) is 29.6. The van der Waals surface area contributed by atoms with Gasteiger partial charge in [0.25, 0.3) is 0 Å². The third kappa shape index (κ3) is 4.14. The van der Waals surface area contributed by atoms with E-state index in [1.165, 1.54) is 11.3 Å². The number of nitrogens with zero attached hydrogens (tertiary/aromatic N) is 2. The molecule has 2 amide bonds. The molecule has 2 saturated heterocycles. The molecule has 152 valence electrons. The van der Waals surface area contributed by atoms with E-state index in [2.05, 4.69) is 41.4 Å². The number of carbonyl (C=O) groups excluding carboxylic acids is 2. The zero-order valence-corrected chi connectivity index (χ0v) is 17.2. The van der Waals surface area contributed by atoms with Crippen LogP contribution in [0.3, 0.4) is 0 Å². The topological polar surface area (TPSA) is 52.7 Å². The summed E-state index contributed by atoms with van der Waals surface area (Å²) in [6.45, 7) is 7.29. The van der Waals surface area contributed by atoms with Gasteiger partial charge in [-0.15, -0.1) is 0 Å². The average molecular weight is 392 g/mol. The van der Waals surface area contributed by atoms with E-state index in [9.17, 15) is 9.59 Å². The molecule has 2 unspecified atom stereocenters. The molecular weight excluding hydrogens is 362 g/mol. The van der Waals surface area contributed by atoms with E-state index in [0.717, 1.165) is 30.8 Å². The highest BCUT2D eigenvalue weighted by Crippen LogP contribution is 2.27. The molecule has 0 spiro atoms. The largest absolute Gasteiger partial charge is 0.371 e. The fourth-order valence-corrected chi connectivity index (χ4v) is 4.31. The maximum atomic E-state index is 12.8. The van der Waals surface area contributed by atoms with Crippen molar-refractivity contribution in [1.82, 2.24) is 5.32 Å². The van der Waals surface area contributed by atoms with E-state index in [4.69, 9.17) is 0 Å². The summed E-state index contributed by atoms with van der Waals surface area (Å²) in [5.41, 5.74) is 4.49. The van der Waals surface area contributed by atoms with E-state index >= 15 is 0 Å². The first-order chi connectivity index (χ1) is 14.0. The fourth-order valence-electron chi connectivity index (χ4n) is 4.31. The number of para-hydroxylation sites is 1. The van der Waals surface area contributed by atoms with Crippen LogP contribution in [0.5, 0.6) is 0 Å². The number of hydrogen-bond donors (Lipinski definition) is 1. The number of anilines is 2. The fraction of sp³-hybridized carbons (Fsp3) is 0.417. The van der Waals surface area contributed by atoms with Crippen LogP contribution in [-0.4, -0.2) is 38.0 Å². The zero-order valence-electron chi connectivity index (χ0n) is 17.2. The molecule has 2 fully saturated rings. The smallest absolute Gasteiger partial charge is 0.239 e. The van der Waals surface area contributed by atoms with Crippen LogP contribution in [0.4, 0.5) is 11.4 Å². The molecule has 2 heterocycles. The van der Waals surface area contributed by atoms with Crippen LogP contribution in [-0.2, 0) is 9.59 Å². The predicted molar refractivity (Wildman–Crippen MR) is 116 cm³/mol. The standard InChI is InChI=1S/C24H29N3O2/c1-17-8-9-21(14-18(17)2)27-13-11-22(24(27)29)23(28)25-15-19-10-12-26(16-19)20-6-4-3-5-7-20/h3-9,14,19,22H,10-13,15-16H2,1-2H3,(H,25,28). The summed E-state index contributed by atoms with van der Waals surface area (Å²) in [5.74, 6) is -0.350. The lowest BCUT2D eigenvalue weighted by molar-refractivity contribution is -0.132. The van der Waals surface area contributed by atoms with E-state index in [1.807, 2.05) is 31.2 Å². The minimum absolute atomic E-state index is 0.0805. The molecule has 29 heavy (non-hydrogen) atoms. The van der Waals surface area contributed by atoms with Crippen LogP contribution in [0.25, 0.3) is 0 Å². The van der Waals surface area contributed by atoms with Gasteiger partial charge in [0.05, 0.1) is 0 Å². The molecule has 4 rings (SSSR count). The number of amides is 2. The summed E-state index contributed by atoms with van der Waals surface area (Å²) < 4.78 is 0. The molecule has 2 aromatic rings. The highest BCUT2D eigenvalue weighted by atomic mass is 16.2. The van der Waals surface area contributed by atoms with E-state index < -0.39 is 5.92 Å². The van der Waals surface area contributed by atoms with Crippen molar-refractivity contribution < 1.29 is 9.59 Å². The first-order valence-corrected chi connectivity index (χ1v) is 10.5. The highest BCUT2D eigenvalue weighted by molar-refractivity contribution is 6.09. The summed E-state index contributed by atoms with van der Waals surface area (Å²) in [7, 11) is 0. The van der Waals surface area contributed by atoms with Gasteiger partial charge in [0.2, 0.25) is 11.8 Å². The van der Waals surface area contributed by atoms with Gasteiger partial charge in [-0.25, -0.2) is 0 Å². The number of rotatable bonds is 5. The third-order valence-electron chi connectivity index (χ3n) is 6.30. The Morgan fingerprint density at radius 3 is 2.55 bits per heavy atom. The summed E-state index contributed by atoms with van der Waals surface area (Å²) in [6, 6.07) is 16.4. The minimum Gasteiger partial charge on any atom is -0.371 e. The van der Waals surface area contributed by atoms with Crippen molar-refractivity contribution in [3.63, 3.8) is 0 Å². The Bertz CT molecular complexity index is 896. The quantitative estimate of drug-likeness (QED) is 0.796. The average Bonchev–Trinajstić information content (AvgIpc) is 3.36. The molecule has 5 heteroatoms. The minimum atomic E-state index is -0.566. The van der Waals surface area contributed by atoms with Crippen LogP contribution >= 0.6 is 0 Å². The van der Waals surface area contributed by atoms with Crippen molar-refractivity contribution in [3.8, 4) is 0 Å². The van der Waals surface area contributed by atoms with Crippen LogP contribution in [0.15, 0.2) is 48.5 Å². The van der Waals surface area contributed by atoms with Gasteiger partial charge in [0, 0.05) is 37.6 Å². The second kappa shape index (κ2) is 8.27. The first-order valence-electron chi connectivity index (χ1n) is 10.5. The van der Waals surface area contributed by atoms with Crippen LogP contribution in [0.1, 0.15) is 24.0 Å². The van der Waals surface area contributed by atoms with E-state index in [1.54, 1.807) is 4.90 Å². The maximum Gasteiger partial charge on any atom is 0.239 e. The van der Waals surface area contributed by atoms with Crippen LogP contribution in [0.2, 0.25) is 0 Å². The van der Waals surface area contributed by atoms with Crippen LogP contribution in [0, 0.1) is 25.7 Å². The SMILES string of the molecule is Cc1ccc(N2CCC(C(=O)NCC3CCN(c4ccccc4)C3)C2=O)cc1C. The first kappa shape index (κ1) is 19.5. The van der Waals surface area contributed by atoms with Crippen LogP contribution < -0.4 is 15.1 Å². The number of nitrogens with one attached hydrogen (secondary N) is 1. The van der Waals surface area contributed by atoms with Gasteiger partial charge in [-0.05, 0) is 68.0 Å². The molecule has 0 bridgehead atoms. The normalized spacial score (nSPS) is 21.7. The molecule has 2 aromatic carbocycles. The molecule has 0 aliphatic carbocycles. The molecule has 0 saturated carbocycles. The molecule has 2 aliphatic rings. The van der Waals surface area contributed by atoms with Crippen molar-refractivity contribution in [2.75, 3.05) is 36.0 Å². The molecule has 0 radical (unpaired) electrons. The number of benzene rings is 2. The van der Waals surface area contributed by atoms with Gasteiger partial charge in [-0.1, -0.05) is 24.3 Å². The maximum absolute atomic E-state index is 12.8. The lowest BCUT2D eigenvalue weighted by Crippen LogP contribution is -2.39. The Kier molecular flexibility index (Phi) is 5.56. The van der Waals surface area contributed by atoms with Gasteiger partial charge in [0.15, 0.2) is 0 Å². The summed E-state index contributed by atoms with van der Waals surface area (Å²) in [6.07, 6.45) is 1.64. The van der Waals surface area contributed by atoms with Gasteiger partial charge in [-0.3, -0.25) is 9.59 Å². The molecule has 5 nitrogen and oxygen atoms in total. The predicted octanol–water partition coefficient (Wildman–Crippen LogP) is 3.30. The van der Waals surface area contributed by atoms with Gasteiger partial charge in [-0.2, -0.15) is 0 Å². The van der Waals surface area contributed by atoms with Crippen molar-refractivity contribution in [2.24, 2.45) is 11.8 Å². The molecule has 2 atom stereocenters. The Morgan fingerprint density at radius 2 is 1.79 bits per heavy atom. The van der Waals surface area contributed by atoms with Gasteiger partial charge < -0.3 is 15.1 Å². The molecular formula is C24H29N3O2. The van der Waals surface area contributed by atoms with Crippen molar-refractivity contribution in [3.05, 3.63) is 59.7 Å². The molecule has 1 N–H and O–H groups in total. The van der Waals surface area contributed by atoms with Crippen molar-refractivity contribution >= 4 is 23.2 Å². The lowest BCUT2D eigenvalue weighted by atomic mass is 10.1. The third-order valence-corrected chi connectivity index (χ3v) is 6.30. The van der Waals surface area contributed by atoms with Gasteiger partial charge in [0.1, 0.15) is 5.92 Å². The van der Waals surface area contributed by atoms with E-state index in [0.29, 0.717) is 25.4 Å². The Labute approximate surface area is 172 Å². The van der Waals surface area contributed by atoms with Crippen molar-refractivity contribution in [1.29, 1.82) is 0 Å². The van der Waals surface area contributed by atoms with Gasteiger partial charge >= 0.3 is 0 Å². The number of carbonyl (C=O) groups is 2. The molecule has 2 aliphatic heterocycles. The second-order valence-corrected chi connectivity index (χ2v) is 8.28. The number of aryl methyl sites for hydroxylation is 2. The Hall–Kier alpha value is -2.82. The summed E-state index contributed by atoms with van der Waals surface area (Å²) >= 11 is 0. The Balaban J connectivity index is 1.30. The Morgan fingerprint density at radius 1 is 1.00 bits per heavy atom. The lowest BCUT2D eigenvalue weighted by Gasteiger charge is -2.19. The zero-order chi connectivity index (χ0) is 20.4. The second-order valence-electron chi connectivity index (χ2n) is 8.28.